The molecule has 0 amide bonds. The van der Waals surface area contributed by atoms with Crippen LogP contribution in [-0.2, 0) is 6.54 Å². The van der Waals surface area contributed by atoms with E-state index in [9.17, 15) is 0 Å². The lowest BCUT2D eigenvalue weighted by Crippen LogP contribution is -2.45. The molecule has 0 aromatic carbocycles. The third-order valence-electron chi connectivity index (χ3n) is 4.61. The SMILES string of the molecule is CCC1CCCC(NC(=NC)NCc2cccc(N(C)C)n2)C1. The molecule has 1 aromatic heterocycles. The fourth-order valence-corrected chi connectivity index (χ4v) is 3.17. The van der Waals surface area contributed by atoms with Crippen LogP contribution < -0.4 is 15.5 Å². The molecule has 1 saturated carbocycles. The Hall–Kier alpha value is -1.78. The summed E-state index contributed by atoms with van der Waals surface area (Å²) in [4.78, 5) is 11.0. The molecule has 2 atom stereocenters. The number of hydrogen-bond donors (Lipinski definition) is 2. The van der Waals surface area contributed by atoms with Gasteiger partial charge in [0.2, 0.25) is 0 Å². The lowest BCUT2D eigenvalue weighted by atomic mass is 9.84. The molecule has 0 bridgehead atoms. The average molecular weight is 317 g/mol. The average Bonchev–Trinajstić information content (AvgIpc) is 2.59. The first kappa shape index (κ1) is 17.6. The fraction of sp³-hybridized carbons (Fsp3) is 0.667. The number of pyridine rings is 1. The molecule has 0 spiro atoms. The van der Waals surface area contributed by atoms with Gasteiger partial charge >= 0.3 is 0 Å². The molecule has 1 aliphatic carbocycles. The van der Waals surface area contributed by atoms with Crippen molar-refractivity contribution in [3.05, 3.63) is 23.9 Å². The first-order chi connectivity index (χ1) is 11.1. The van der Waals surface area contributed by atoms with Crippen LogP contribution in [0.3, 0.4) is 0 Å². The monoisotopic (exact) mass is 317 g/mol. The number of aliphatic imine (C=N–C) groups is 1. The molecule has 1 aliphatic rings. The molecule has 23 heavy (non-hydrogen) atoms. The second kappa shape index (κ2) is 8.75. The minimum Gasteiger partial charge on any atom is -0.363 e. The van der Waals surface area contributed by atoms with E-state index in [1.807, 2.05) is 44.2 Å². The molecular formula is C18H31N5. The van der Waals surface area contributed by atoms with Crippen LogP contribution in [0.1, 0.15) is 44.7 Å². The summed E-state index contributed by atoms with van der Waals surface area (Å²) in [6, 6.07) is 6.65. The molecule has 1 heterocycles. The van der Waals surface area contributed by atoms with Crippen molar-refractivity contribution in [3.63, 3.8) is 0 Å². The van der Waals surface area contributed by atoms with Gasteiger partial charge in [-0.05, 0) is 30.9 Å². The van der Waals surface area contributed by atoms with Gasteiger partial charge in [0.1, 0.15) is 5.82 Å². The number of guanidine groups is 1. The molecule has 0 aliphatic heterocycles. The number of rotatable bonds is 5. The van der Waals surface area contributed by atoms with Crippen molar-refractivity contribution in [1.29, 1.82) is 0 Å². The highest BCUT2D eigenvalue weighted by Gasteiger charge is 2.21. The summed E-state index contributed by atoms with van der Waals surface area (Å²) in [7, 11) is 5.85. The van der Waals surface area contributed by atoms with Gasteiger partial charge in [-0.1, -0.05) is 32.3 Å². The van der Waals surface area contributed by atoms with Crippen LogP contribution in [0.2, 0.25) is 0 Å². The van der Waals surface area contributed by atoms with Gasteiger partial charge in [-0.3, -0.25) is 4.99 Å². The van der Waals surface area contributed by atoms with Crippen molar-refractivity contribution in [2.75, 3.05) is 26.0 Å². The van der Waals surface area contributed by atoms with E-state index in [2.05, 4.69) is 27.5 Å². The van der Waals surface area contributed by atoms with Crippen molar-refractivity contribution in [2.45, 2.75) is 51.6 Å². The highest BCUT2D eigenvalue weighted by atomic mass is 15.2. The second-order valence-electron chi connectivity index (χ2n) is 6.59. The Kier molecular flexibility index (Phi) is 6.68. The van der Waals surface area contributed by atoms with Gasteiger partial charge in [0.15, 0.2) is 5.96 Å². The van der Waals surface area contributed by atoms with Crippen LogP contribution in [0.4, 0.5) is 5.82 Å². The molecule has 2 rings (SSSR count). The Morgan fingerprint density at radius 3 is 2.87 bits per heavy atom. The van der Waals surface area contributed by atoms with Gasteiger partial charge in [0.05, 0.1) is 12.2 Å². The van der Waals surface area contributed by atoms with E-state index in [1.165, 1.54) is 32.1 Å². The minimum absolute atomic E-state index is 0.543. The second-order valence-corrected chi connectivity index (χ2v) is 6.59. The zero-order valence-electron chi connectivity index (χ0n) is 15.0. The van der Waals surface area contributed by atoms with Crippen molar-refractivity contribution in [2.24, 2.45) is 10.9 Å². The van der Waals surface area contributed by atoms with Crippen LogP contribution in [0, 0.1) is 5.92 Å². The highest BCUT2D eigenvalue weighted by Crippen LogP contribution is 2.26. The Morgan fingerprint density at radius 2 is 2.17 bits per heavy atom. The Morgan fingerprint density at radius 1 is 1.35 bits per heavy atom. The Balaban J connectivity index is 1.86. The predicted octanol–water partition coefficient (Wildman–Crippen LogP) is 2.78. The van der Waals surface area contributed by atoms with Gasteiger partial charge < -0.3 is 15.5 Å². The summed E-state index contributed by atoms with van der Waals surface area (Å²) in [5, 5.41) is 6.97. The maximum absolute atomic E-state index is 4.63. The molecule has 0 saturated heterocycles. The van der Waals surface area contributed by atoms with Crippen LogP contribution in [0.25, 0.3) is 0 Å². The normalized spacial score (nSPS) is 21.8. The predicted molar refractivity (Wildman–Crippen MR) is 97.9 cm³/mol. The van der Waals surface area contributed by atoms with E-state index in [0.717, 1.165) is 23.4 Å². The first-order valence-corrected chi connectivity index (χ1v) is 8.72. The van der Waals surface area contributed by atoms with Crippen molar-refractivity contribution in [3.8, 4) is 0 Å². The zero-order chi connectivity index (χ0) is 16.7. The summed E-state index contributed by atoms with van der Waals surface area (Å²) in [5.74, 6) is 2.71. The first-order valence-electron chi connectivity index (χ1n) is 8.72. The number of anilines is 1. The van der Waals surface area contributed by atoms with Crippen LogP contribution in [-0.4, -0.2) is 38.1 Å². The van der Waals surface area contributed by atoms with Gasteiger partial charge in [-0.2, -0.15) is 0 Å². The molecule has 2 unspecified atom stereocenters. The van der Waals surface area contributed by atoms with E-state index in [1.54, 1.807) is 0 Å². The van der Waals surface area contributed by atoms with Crippen molar-refractivity contribution in [1.82, 2.24) is 15.6 Å². The number of nitrogens with zero attached hydrogens (tertiary/aromatic N) is 3. The highest BCUT2D eigenvalue weighted by molar-refractivity contribution is 5.79. The molecule has 2 N–H and O–H groups in total. The Bertz CT molecular complexity index is 512. The minimum atomic E-state index is 0.543. The van der Waals surface area contributed by atoms with E-state index < -0.39 is 0 Å². The largest absolute Gasteiger partial charge is 0.363 e. The van der Waals surface area contributed by atoms with E-state index in [0.29, 0.717) is 12.6 Å². The van der Waals surface area contributed by atoms with Crippen LogP contribution in [0.15, 0.2) is 23.2 Å². The number of nitrogens with one attached hydrogen (secondary N) is 2. The maximum atomic E-state index is 4.63. The third kappa shape index (κ3) is 5.41. The van der Waals surface area contributed by atoms with E-state index >= 15 is 0 Å². The van der Waals surface area contributed by atoms with Crippen molar-refractivity contribution >= 4 is 11.8 Å². The summed E-state index contributed by atoms with van der Waals surface area (Å²) >= 11 is 0. The van der Waals surface area contributed by atoms with Gasteiger partial charge in [-0.15, -0.1) is 0 Å². The Labute approximate surface area is 140 Å². The maximum Gasteiger partial charge on any atom is 0.191 e. The molecular weight excluding hydrogens is 286 g/mol. The molecule has 5 nitrogen and oxygen atoms in total. The quantitative estimate of drug-likeness (QED) is 0.648. The smallest absolute Gasteiger partial charge is 0.191 e. The molecule has 1 fully saturated rings. The summed E-state index contributed by atoms with van der Waals surface area (Å²) in [6.07, 6.45) is 6.48. The zero-order valence-corrected chi connectivity index (χ0v) is 15.0. The van der Waals surface area contributed by atoms with Gasteiger partial charge in [-0.25, -0.2) is 4.98 Å². The van der Waals surface area contributed by atoms with Gasteiger partial charge in [0.25, 0.3) is 0 Å². The van der Waals surface area contributed by atoms with E-state index in [4.69, 9.17) is 0 Å². The third-order valence-corrected chi connectivity index (χ3v) is 4.61. The summed E-state index contributed by atoms with van der Waals surface area (Å²) in [5.41, 5.74) is 1.02. The lowest BCUT2D eigenvalue weighted by Gasteiger charge is -2.30. The van der Waals surface area contributed by atoms with Gasteiger partial charge in [0, 0.05) is 27.2 Å². The van der Waals surface area contributed by atoms with Crippen molar-refractivity contribution < 1.29 is 0 Å². The number of hydrogen-bond acceptors (Lipinski definition) is 3. The molecule has 128 valence electrons. The fourth-order valence-electron chi connectivity index (χ4n) is 3.17. The topological polar surface area (TPSA) is 52.6 Å². The van der Waals surface area contributed by atoms with Crippen LogP contribution in [0.5, 0.6) is 0 Å². The standard InChI is InChI=1S/C18H31N5/c1-5-14-8-6-9-15(12-14)22-18(19-2)20-13-16-10-7-11-17(21-16)23(3)4/h7,10-11,14-15H,5-6,8-9,12-13H2,1-4H3,(H2,19,20,22). The lowest BCUT2D eigenvalue weighted by molar-refractivity contribution is 0.298. The summed E-state index contributed by atoms with van der Waals surface area (Å²) in [6.45, 7) is 2.98. The van der Waals surface area contributed by atoms with E-state index in [-0.39, 0.29) is 0 Å². The summed E-state index contributed by atoms with van der Waals surface area (Å²) < 4.78 is 0. The number of aromatic nitrogens is 1. The molecule has 0 radical (unpaired) electrons. The molecule has 5 heteroatoms. The molecule has 1 aromatic rings. The van der Waals surface area contributed by atoms with Crippen LogP contribution >= 0.6 is 0 Å².